The molecule has 92 valence electrons. The lowest BCUT2D eigenvalue weighted by molar-refractivity contribution is 0.102. The summed E-state index contributed by atoms with van der Waals surface area (Å²) in [5.41, 5.74) is 1.95. The molecular weight excluding hydrogens is 318 g/mol. The highest BCUT2D eigenvalue weighted by Crippen LogP contribution is 2.23. The molecule has 2 rings (SSSR count). The van der Waals surface area contributed by atoms with Crippen molar-refractivity contribution in [3.05, 3.63) is 51.5 Å². The van der Waals surface area contributed by atoms with E-state index in [9.17, 15) is 4.79 Å². The van der Waals surface area contributed by atoms with Crippen molar-refractivity contribution in [1.82, 2.24) is 9.97 Å². The largest absolute Gasteiger partial charge is 0.320 e. The number of amides is 1. The fourth-order valence-corrected chi connectivity index (χ4v) is 2.10. The molecular formula is C12H9BrClN3O. The molecule has 4 nitrogen and oxygen atoms in total. The Morgan fingerprint density at radius 2 is 2.17 bits per heavy atom. The maximum Gasteiger partial charge on any atom is 0.275 e. The van der Waals surface area contributed by atoms with Gasteiger partial charge in [0, 0.05) is 4.47 Å². The van der Waals surface area contributed by atoms with Crippen molar-refractivity contribution in [3.63, 3.8) is 0 Å². The summed E-state index contributed by atoms with van der Waals surface area (Å²) in [7, 11) is 0. The van der Waals surface area contributed by atoms with Crippen LogP contribution in [0.3, 0.4) is 0 Å². The van der Waals surface area contributed by atoms with Crippen molar-refractivity contribution in [2.45, 2.75) is 6.92 Å². The summed E-state index contributed by atoms with van der Waals surface area (Å²) in [6, 6.07) is 5.64. The van der Waals surface area contributed by atoms with Crippen molar-refractivity contribution in [1.29, 1.82) is 0 Å². The van der Waals surface area contributed by atoms with Gasteiger partial charge in [0.05, 0.1) is 18.1 Å². The van der Waals surface area contributed by atoms with Crippen molar-refractivity contribution in [2.24, 2.45) is 0 Å². The number of nitrogens with zero attached hydrogens (tertiary/aromatic N) is 2. The van der Waals surface area contributed by atoms with E-state index in [-0.39, 0.29) is 16.8 Å². The lowest BCUT2D eigenvalue weighted by Crippen LogP contribution is -2.14. The second-order valence-electron chi connectivity index (χ2n) is 3.66. The Morgan fingerprint density at radius 1 is 1.39 bits per heavy atom. The first-order chi connectivity index (χ1) is 8.56. The van der Waals surface area contributed by atoms with E-state index in [1.54, 1.807) is 0 Å². The molecule has 0 aliphatic heterocycles. The van der Waals surface area contributed by atoms with Gasteiger partial charge in [-0.2, -0.15) is 0 Å². The van der Waals surface area contributed by atoms with E-state index in [2.05, 4.69) is 31.2 Å². The minimum atomic E-state index is -0.352. The third kappa shape index (κ3) is 3.05. The highest BCUT2D eigenvalue weighted by atomic mass is 79.9. The summed E-state index contributed by atoms with van der Waals surface area (Å²) in [5.74, 6) is -0.352. The maximum atomic E-state index is 11.9. The number of anilines is 1. The molecule has 0 fully saturated rings. The Morgan fingerprint density at radius 3 is 2.83 bits per heavy atom. The van der Waals surface area contributed by atoms with Gasteiger partial charge in [0.1, 0.15) is 10.8 Å². The van der Waals surface area contributed by atoms with Crippen LogP contribution in [-0.4, -0.2) is 15.9 Å². The normalized spacial score (nSPS) is 10.2. The van der Waals surface area contributed by atoms with Gasteiger partial charge < -0.3 is 5.32 Å². The molecule has 0 aliphatic carbocycles. The molecule has 0 saturated carbocycles. The van der Waals surface area contributed by atoms with Gasteiger partial charge >= 0.3 is 0 Å². The van der Waals surface area contributed by atoms with Crippen LogP contribution in [0.15, 0.2) is 35.1 Å². The van der Waals surface area contributed by atoms with Gasteiger partial charge in [0.15, 0.2) is 0 Å². The van der Waals surface area contributed by atoms with Gasteiger partial charge in [-0.3, -0.25) is 9.78 Å². The molecule has 1 heterocycles. The average molecular weight is 327 g/mol. The Balaban J connectivity index is 2.21. The van der Waals surface area contributed by atoms with Crippen LogP contribution in [0.1, 0.15) is 16.1 Å². The van der Waals surface area contributed by atoms with Gasteiger partial charge in [-0.05, 0) is 40.5 Å². The van der Waals surface area contributed by atoms with Crippen LogP contribution in [0.4, 0.5) is 5.69 Å². The van der Waals surface area contributed by atoms with Crippen LogP contribution in [0.2, 0.25) is 5.15 Å². The summed E-state index contributed by atoms with van der Waals surface area (Å²) >= 11 is 9.07. The number of hydrogen-bond acceptors (Lipinski definition) is 3. The molecule has 18 heavy (non-hydrogen) atoms. The number of aromatic nitrogens is 2. The molecule has 0 saturated heterocycles. The first-order valence-corrected chi connectivity index (χ1v) is 6.28. The number of hydrogen-bond donors (Lipinski definition) is 1. The van der Waals surface area contributed by atoms with Crippen LogP contribution in [0, 0.1) is 6.92 Å². The summed E-state index contributed by atoms with van der Waals surface area (Å²) in [4.78, 5) is 19.6. The highest BCUT2D eigenvalue weighted by Gasteiger charge is 2.10. The second-order valence-corrected chi connectivity index (χ2v) is 4.91. The van der Waals surface area contributed by atoms with E-state index in [0.717, 1.165) is 10.0 Å². The average Bonchev–Trinajstić information content (AvgIpc) is 2.32. The monoisotopic (exact) mass is 325 g/mol. The summed E-state index contributed by atoms with van der Waals surface area (Å²) < 4.78 is 0.811. The first kappa shape index (κ1) is 13.0. The predicted molar refractivity (Wildman–Crippen MR) is 73.9 cm³/mol. The molecule has 0 aliphatic rings. The lowest BCUT2D eigenvalue weighted by atomic mass is 10.2. The minimum Gasteiger partial charge on any atom is -0.320 e. The minimum absolute atomic E-state index is 0.176. The van der Waals surface area contributed by atoms with Gasteiger partial charge in [-0.1, -0.05) is 17.7 Å². The van der Waals surface area contributed by atoms with Crippen LogP contribution < -0.4 is 5.32 Å². The topological polar surface area (TPSA) is 54.9 Å². The second kappa shape index (κ2) is 5.46. The zero-order chi connectivity index (χ0) is 13.1. The number of benzene rings is 1. The Hall–Kier alpha value is -1.46. The van der Waals surface area contributed by atoms with Crippen molar-refractivity contribution in [2.75, 3.05) is 5.32 Å². The number of nitrogens with one attached hydrogen (secondary N) is 1. The number of aryl methyl sites for hydroxylation is 1. The number of rotatable bonds is 2. The first-order valence-electron chi connectivity index (χ1n) is 5.11. The summed E-state index contributed by atoms with van der Waals surface area (Å²) in [6.07, 6.45) is 2.74. The predicted octanol–water partition coefficient (Wildman–Crippen LogP) is 3.45. The number of halogens is 2. The van der Waals surface area contributed by atoms with E-state index >= 15 is 0 Å². The van der Waals surface area contributed by atoms with E-state index in [4.69, 9.17) is 11.6 Å². The Kier molecular flexibility index (Phi) is 3.93. The van der Waals surface area contributed by atoms with Crippen LogP contribution in [0.25, 0.3) is 0 Å². The Labute approximate surface area is 118 Å². The highest BCUT2D eigenvalue weighted by molar-refractivity contribution is 9.10. The lowest BCUT2D eigenvalue weighted by Gasteiger charge is -2.07. The standard InChI is InChI=1S/C12H9BrClN3O/c1-7-2-3-9(8(13)4-7)17-12(18)10-5-15-6-11(14)16-10/h2-6H,1H3,(H,17,18). The summed E-state index contributed by atoms with van der Waals surface area (Å²) in [5, 5.41) is 2.92. The van der Waals surface area contributed by atoms with Gasteiger partial charge in [-0.25, -0.2) is 4.98 Å². The van der Waals surface area contributed by atoms with E-state index < -0.39 is 0 Å². The molecule has 0 radical (unpaired) electrons. The fourth-order valence-electron chi connectivity index (χ4n) is 1.36. The molecule has 1 aromatic carbocycles. The van der Waals surface area contributed by atoms with Crippen molar-refractivity contribution in [3.8, 4) is 0 Å². The molecule has 0 bridgehead atoms. The molecule has 2 aromatic rings. The number of carbonyl (C=O) groups is 1. The van der Waals surface area contributed by atoms with Crippen LogP contribution in [0.5, 0.6) is 0 Å². The van der Waals surface area contributed by atoms with Crippen LogP contribution >= 0.6 is 27.5 Å². The summed E-state index contributed by atoms with van der Waals surface area (Å²) in [6.45, 7) is 1.97. The van der Waals surface area contributed by atoms with Gasteiger partial charge in [0.25, 0.3) is 5.91 Å². The van der Waals surface area contributed by atoms with E-state index in [0.29, 0.717) is 5.69 Å². The molecule has 0 unspecified atom stereocenters. The molecule has 1 aromatic heterocycles. The Bertz CT molecular complexity index is 604. The SMILES string of the molecule is Cc1ccc(NC(=O)c2cncc(Cl)n2)c(Br)c1. The molecule has 1 amide bonds. The van der Waals surface area contributed by atoms with Gasteiger partial charge in [0.2, 0.25) is 0 Å². The number of carbonyl (C=O) groups excluding carboxylic acids is 1. The van der Waals surface area contributed by atoms with Gasteiger partial charge in [-0.15, -0.1) is 0 Å². The molecule has 6 heteroatoms. The van der Waals surface area contributed by atoms with E-state index in [1.165, 1.54) is 12.4 Å². The van der Waals surface area contributed by atoms with Crippen molar-refractivity contribution >= 4 is 39.1 Å². The quantitative estimate of drug-likeness (QED) is 0.919. The molecule has 1 N–H and O–H groups in total. The molecule has 0 spiro atoms. The zero-order valence-corrected chi connectivity index (χ0v) is 11.8. The van der Waals surface area contributed by atoms with Crippen molar-refractivity contribution < 1.29 is 4.79 Å². The third-order valence-electron chi connectivity index (χ3n) is 2.21. The fraction of sp³-hybridized carbons (Fsp3) is 0.0833. The molecule has 0 atom stereocenters. The third-order valence-corrected chi connectivity index (χ3v) is 3.05. The van der Waals surface area contributed by atoms with E-state index in [1.807, 2.05) is 25.1 Å². The van der Waals surface area contributed by atoms with Crippen LogP contribution in [-0.2, 0) is 0 Å². The zero-order valence-electron chi connectivity index (χ0n) is 9.45. The maximum absolute atomic E-state index is 11.9. The smallest absolute Gasteiger partial charge is 0.275 e.